The van der Waals surface area contributed by atoms with Crippen LogP contribution in [0.25, 0.3) is 0 Å². The van der Waals surface area contributed by atoms with Crippen molar-refractivity contribution in [1.29, 1.82) is 0 Å². The van der Waals surface area contributed by atoms with Crippen LogP contribution >= 0.6 is 0 Å². The van der Waals surface area contributed by atoms with Crippen molar-refractivity contribution in [3.8, 4) is 0 Å². The van der Waals surface area contributed by atoms with Crippen LogP contribution in [0.2, 0.25) is 0 Å². The van der Waals surface area contributed by atoms with Gasteiger partial charge in [0.25, 0.3) is 10.1 Å². The van der Waals surface area contributed by atoms with Gasteiger partial charge in [-0.3, -0.25) is 4.18 Å². The summed E-state index contributed by atoms with van der Waals surface area (Å²) in [6.07, 6.45) is -0.539. The molecule has 1 atom stereocenters. The molecule has 2 rings (SSSR count). The third-order valence-electron chi connectivity index (χ3n) is 3.05. The van der Waals surface area contributed by atoms with Crippen LogP contribution in [-0.2, 0) is 24.1 Å². The maximum absolute atomic E-state index is 12.1. The van der Waals surface area contributed by atoms with E-state index in [1.54, 1.807) is 19.1 Å². The zero-order valence-corrected chi connectivity index (χ0v) is 12.4. The summed E-state index contributed by atoms with van der Waals surface area (Å²) < 4.78 is 51.9. The highest BCUT2D eigenvalue weighted by molar-refractivity contribution is 7.91. The molecule has 1 saturated heterocycles. The quantitative estimate of drug-likeness (QED) is 0.784. The zero-order chi connectivity index (χ0) is 14.3. The van der Waals surface area contributed by atoms with Gasteiger partial charge in [-0.1, -0.05) is 17.7 Å². The molecule has 19 heavy (non-hydrogen) atoms. The molecule has 1 heterocycles. The van der Waals surface area contributed by atoms with Gasteiger partial charge in [0, 0.05) is 0 Å². The van der Waals surface area contributed by atoms with Crippen molar-refractivity contribution in [2.24, 2.45) is 0 Å². The van der Waals surface area contributed by atoms with E-state index in [1.165, 1.54) is 6.07 Å². The molecule has 0 N–H and O–H groups in total. The first-order valence-electron chi connectivity index (χ1n) is 5.91. The zero-order valence-electron chi connectivity index (χ0n) is 10.8. The molecule has 0 amide bonds. The van der Waals surface area contributed by atoms with Gasteiger partial charge in [-0.2, -0.15) is 8.42 Å². The first-order valence-corrected chi connectivity index (χ1v) is 9.13. The summed E-state index contributed by atoms with van der Waals surface area (Å²) in [5.41, 5.74) is 1.56. The van der Waals surface area contributed by atoms with Crippen LogP contribution in [0.5, 0.6) is 0 Å². The molecule has 5 nitrogen and oxygen atoms in total. The van der Waals surface area contributed by atoms with Gasteiger partial charge in [0.05, 0.1) is 22.5 Å². The predicted molar refractivity (Wildman–Crippen MR) is 71.2 cm³/mol. The van der Waals surface area contributed by atoms with Crippen LogP contribution in [0.1, 0.15) is 17.5 Å². The highest BCUT2D eigenvalue weighted by atomic mass is 32.2. The Morgan fingerprint density at radius 3 is 2.47 bits per heavy atom. The number of hydrogen-bond donors (Lipinski definition) is 0. The Morgan fingerprint density at radius 1 is 1.26 bits per heavy atom. The van der Waals surface area contributed by atoms with E-state index in [4.69, 9.17) is 4.18 Å². The van der Waals surface area contributed by atoms with Gasteiger partial charge in [-0.25, -0.2) is 8.42 Å². The molecular weight excluding hydrogens is 288 g/mol. The standard InChI is InChI=1S/C12H16O5S2/c1-9-3-4-12(10(2)7-9)19(15,16)17-11-5-6-18(13,14)8-11/h3-4,7,11H,5-6,8H2,1-2H3. The average Bonchev–Trinajstić information content (AvgIpc) is 2.56. The summed E-state index contributed by atoms with van der Waals surface area (Å²) in [4.78, 5) is 0.0994. The van der Waals surface area contributed by atoms with Crippen molar-refractivity contribution in [3.63, 3.8) is 0 Å². The predicted octanol–water partition coefficient (Wildman–Crippen LogP) is 1.20. The number of aryl methyl sites for hydroxylation is 2. The topological polar surface area (TPSA) is 77.5 Å². The number of sulfone groups is 1. The molecule has 0 saturated carbocycles. The van der Waals surface area contributed by atoms with E-state index in [9.17, 15) is 16.8 Å². The van der Waals surface area contributed by atoms with Crippen LogP contribution < -0.4 is 0 Å². The van der Waals surface area contributed by atoms with Gasteiger partial charge in [0.2, 0.25) is 0 Å². The molecule has 1 aromatic rings. The van der Waals surface area contributed by atoms with E-state index >= 15 is 0 Å². The van der Waals surface area contributed by atoms with Gasteiger partial charge in [-0.15, -0.1) is 0 Å². The molecule has 1 aliphatic heterocycles. The lowest BCUT2D eigenvalue weighted by Gasteiger charge is -2.12. The van der Waals surface area contributed by atoms with Crippen LogP contribution in [0.4, 0.5) is 0 Å². The smallest absolute Gasteiger partial charge is 0.262 e. The van der Waals surface area contributed by atoms with Crippen molar-refractivity contribution in [2.75, 3.05) is 11.5 Å². The second-order valence-electron chi connectivity index (χ2n) is 4.84. The van der Waals surface area contributed by atoms with Gasteiger partial charge >= 0.3 is 0 Å². The highest BCUT2D eigenvalue weighted by Gasteiger charge is 2.33. The molecule has 1 aliphatic rings. The Balaban J connectivity index is 2.24. The maximum atomic E-state index is 12.1. The fourth-order valence-electron chi connectivity index (χ4n) is 2.15. The lowest BCUT2D eigenvalue weighted by Crippen LogP contribution is -2.20. The molecule has 0 radical (unpaired) electrons. The van der Waals surface area contributed by atoms with Crippen LogP contribution in [-0.4, -0.2) is 34.4 Å². The largest absolute Gasteiger partial charge is 0.297 e. The summed E-state index contributed by atoms with van der Waals surface area (Å²) in [7, 11) is -7.06. The SMILES string of the molecule is Cc1ccc(S(=O)(=O)OC2CCS(=O)(=O)C2)c(C)c1. The molecule has 0 spiro atoms. The highest BCUT2D eigenvalue weighted by Crippen LogP contribution is 2.23. The van der Waals surface area contributed by atoms with E-state index in [2.05, 4.69) is 0 Å². The Morgan fingerprint density at radius 2 is 1.95 bits per heavy atom. The van der Waals surface area contributed by atoms with E-state index in [-0.39, 0.29) is 22.8 Å². The summed E-state index contributed by atoms with van der Waals surface area (Å²) in [5, 5.41) is 0. The van der Waals surface area contributed by atoms with E-state index < -0.39 is 26.1 Å². The summed E-state index contributed by atoms with van der Waals surface area (Å²) in [6, 6.07) is 4.93. The molecule has 106 valence electrons. The fraction of sp³-hybridized carbons (Fsp3) is 0.500. The minimum Gasteiger partial charge on any atom is -0.262 e. The lowest BCUT2D eigenvalue weighted by atomic mass is 10.2. The number of rotatable bonds is 3. The third-order valence-corrected chi connectivity index (χ3v) is 6.31. The molecule has 1 unspecified atom stereocenters. The number of hydrogen-bond acceptors (Lipinski definition) is 5. The first kappa shape index (κ1) is 14.5. The second-order valence-corrected chi connectivity index (χ2v) is 8.61. The van der Waals surface area contributed by atoms with Crippen molar-refractivity contribution < 1.29 is 21.0 Å². The molecule has 0 aliphatic carbocycles. The van der Waals surface area contributed by atoms with Crippen LogP contribution in [0.3, 0.4) is 0 Å². The van der Waals surface area contributed by atoms with Gasteiger partial charge < -0.3 is 0 Å². The minimum atomic E-state index is -3.91. The third kappa shape index (κ3) is 3.34. The second kappa shape index (κ2) is 4.88. The Hall–Kier alpha value is -0.920. The average molecular weight is 304 g/mol. The normalized spacial score (nSPS) is 22.5. The van der Waals surface area contributed by atoms with E-state index in [0.717, 1.165) is 5.56 Å². The molecule has 0 aromatic heterocycles. The summed E-state index contributed by atoms with van der Waals surface area (Å²) in [5.74, 6) is -0.239. The number of benzene rings is 1. The fourth-order valence-corrected chi connectivity index (χ4v) is 5.14. The summed E-state index contributed by atoms with van der Waals surface area (Å²) >= 11 is 0. The van der Waals surface area contributed by atoms with Crippen LogP contribution in [0, 0.1) is 13.8 Å². The molecule has 0 bridgehead atoms. The van der Waals surface area contributed by atoms with Crippen molar-refractivity contribution in [1.82, 2.24) is 0 Å². The first-order chi connectivity index (χ1) is 8.70. The van der Waals surface area contributed by atoms with Gasteiger partial charge in [-0.05, 0) is 31.9 Å². The molecule has 1 fully saturated rings. The van der Waals surface area contributed by atoms with Crippen molar-refractivity contribution in [3.05, 3.63) is 29.3 Å². The molecular formula is C12H16O5S2. The molecule has 7 heteroatoms. The Bertz CT molecular complexity index is 689. The Kier molecular flexibility index (Phi) is 3.72. The lowest BCUT2D eigenvalue weighted by molar-refractivity contribution is 0.235. The van der Waals surface area contributed by atoms with Crippen LogP contribution in [0.15, 0.2) is 23.1 Å². The maximum Gasteiger partial charge on any atom is 0.297 e. The van der Waals surface area contributed by atoms with Crippen molar-refractivity contribution in [2.45, 2.75) is 31.3 Å². The molecule has 1 aromatic carbocycles. The monoisotopic (exact) mass is 304 g/mol. The van der Waals surface area contributed by atoms with E-state index in [1.807, 2.05) is 6.92 Å². The van der Waals surface area contributed by atoms with Gasteiger partial charge in [0.1, 0.15) is 0 Å². The minimum absolute atomic E-state index is 0.0138. The Labute approximate surface area is 113 Å². The van der Waals surface area contributed by atoms with Crippen molar-refractivity contribution >= 4 is 20.0 Å². The summed E-state index contributed by atoms with van der Waals surface area (Å²) in [6.45, 7) is 3.56. The van der Waals surface area contributed by atoms with E-state index in [0.29, 0.717) is 5.56 Å². The van der Waals surface area contributed by atoms with Gasteiger partial charge in [0.15, 0.2) is 9.84 Å².